The highest BCUT2D eigenvalue weighted by Crippen LogP contribution is 2.37. The first-order valence-corrected chi connectivity index (χ1v) is 5.54. The van der Waals surface area contributed by atoms with Gasteiger partial charge in [-0.2, -0.15) is 0 Å². The summed E-state index contributed by atoms with van der Waals surface area (Å²) < 4.78 is 15.3. The Balaban J connectivity index is 2.24. The first-order valence-electron chi connectivity index (χ1n) is 4.66. The molecule has 1 saturated heterocycles. The molecule has 0 bridgehead atoms. The minimum atomic E-state index is -1.13. The van der Waals surface area contributed by atoms with E-state index in [1.807, 2.05) is 29.6 Å². The van der Waals surface area contributed by atoms with Gasteiger partial charge in [0.1, 0.15) is 0 Å². The van der Waals surface area contributed by atoms with Crippen LogP contribution in [0.15, 0.2) is 29.6 Å². The van der Waals surface area contributed by atoms with Crippen molar-refractivity contribution in [3.8, 4) is 0 Å². The standard InChI is InChI=1S/C11H10FNS/c12-11(6-13-7-11)9-3-1-2-8-4-5-14-10(8)9/h1-5,13H,6-7H2. The summed E-state index contributed by atoms with van der Waals surface area (Å²) in [4.78, 5) is 0. The molecule has 1 aromatic carbocycles. The van der Waals surface area contributed by atoms with Crippen LogP contribution in [0.2, 0.25) is 0 Å². The van der Waals surface area contributed by atoms with Crippen molar-refractivity contribution in [2.45, 2.75) is 5.67 Å². The predicted molar refractivity (Wildman–Crippen MR) is 57.5 cm³/mol. The van der Waals surface area contributed by atoms with Gasteiger partial charge in [-0.25, -0.2) is 4.39 Å². The number of nitrogens with one attached hydrogen (secondary N) is 1. The zero-order valence-electron chi connectivity index (χ0n) is 7.59. The van der Waals surface area contributed by atoms with Crippen LogP contribution < -0.4 is 5.32 Å². The quantitative estimate of drug-likeness (QED) is 0.758. The average molecular weight is 207 g/mol. The predicted octanol–water partition coefficient (Wildman–Crippen LogP) is 2.67. The SMILES string of the molecule is FC1(c2cccc3ccsc23)CNC1. The number of rotatable bonds is 1. The number of hydrogen-bond acceptors (Lipinski definition) is 2. The zero-order chi connectivity index (χ0) is 9.60. The van der Waals surface area contributed by atoms with E-state index in [-0.39, 0.29) is 0 Å². The highest BCUT2D eigenvalue weighted by molar-refractivity contribution is 7.17. The largest absolute Gasteiger partial charge is 0.310 e. The summed E-state index contributed by atoms with van der Waals surface area (Å²) in [6.45, 7) is 0.897. The zero-order valence-corrected chi connectivity index (χ0v) is 8.40. The minimum absolute atomic E-state index is 0.448. The molecule has 1 N–H and O–H groups in total. The Bertz CT molecular complexity index is 473. The molecule has 0 saturated carbocycles. The topological polar surface area (TPSA) is 12.0 Å². The number of thiophene rings is 1. The van der Waals surface area contributed by atoms with Crippen LogP contribution in [0.3, 0.4) is 0 Å². The van der Waals surface area contributed by atoms with E-state index < -0.39 is 5.67 Å². The molecule has 0 unspecified atom stereocenters. The van der Waals surface area contributed by atoms with Gasteiger partial charge in [0.15, 0.2) is 5.67 Å². The van der Waals surface area contributed by atoms with Gasteiger partial charge in [-0.15, -0.1) is 11.3 Å². The van der Waals surface area contributed by atoms with Crippen LogP contribution in [0.5, 0.6) is 0 Å². The van der Waals surface area contributed by atoms with Gasteiger partial charge in [-0.1, -0.05) is 18.2 Å². The van der Waals surface area contributed by atoms with Gasteiger partial charge >= 0.3 is 0 Å². The third-order valence-electron chi connectivity index (χ3n) is 2.77. The molecule has 2 aromatic rings. The van der Waals surface area contributed by atoms with Crippen molar-refractivity contribution in [1.29, 1.82) is 0 Å². The van der Waals surface area contributed by atoms with E-state index >= 15 is 0 Å². The molecule has 0 amide bonds. The highest BCUT2D eigenvalue weighted by atomic mass is 32.1. The number of fused-ring (bicyclic) bond motifs is 1. The molecule has 1 aromatic heterocycles. The summed E-state index contributed by atoms with van der Waals surface area (Å²) >= 11 is 1.62. The fraction of sp³-hybridized carbons (Fsp3) is 0.273. The molecule has 3 rings (SSSR count). The molecule has 1 aliphatic rings. The molecule has 72 valence electrons. The third kappa shape index (κ3) is 1.03. The van der Waals surface area contributed by atoms with E-state index in [1.165, 1.54) is 0 Å². The van der Waals surface area contributed by atoms with Crippen molar-refractivity contribution in [2.75, 3.05) is 13.1 Å². The van der Waals surface area contributed by atoms with Crippen LogP contribution in [0, 0.1) is 0 Å². The lowest BCUT2D eigenvalue weighted by Crippen LogP contribution is -2.53. The van der Waals surface area contributed by atoms with E-state index in [9.17, 15) is 4.39 Å². The maximum Gasteiger partial charge on any atom is 0.162 e. The molecule has 1 fully saturated rings. The van der Waals surface area contributed by atoms with Crippen LogP contribution in [-0.4, -0.2) is 13.1 Å². The Hall–Kier alpha value is -0.930. The maximum absolute atomic E-state index is 14.2. The Morgan fingerprint density at radius 3 is 2.86 bits per heavy atom. The third-order valence-corrected chi connectivity index (χ3v) is 3.74. The van der Waals surface area contributed by atoms with Crippen molar-refractivity contribution in [1.82, 2.24) is 5.32 Å². The van der Waals surface area contributed by atoms with Crippen molar-refractivity contribution in [2.24, 2.45) is 0 Å². The lowest BCUT2D eigenvalue weighted by Gasteiger charge is -2.35. The molecule has 0 aliphatic carbocycles. The maximum atomic E-state index is 14.2. The van der Waals surface area contributed by atoms with Gasteiger partial charge in [-0.05, 0) is 16.8 Å². The van der Waals surface area contributed by atoms with E-state index in [0.717, 1.165) is 15.6 Å². The number of halogens is 1. The molecule has 0 radical (unpaired) electrons. The summed E-state index contributed by atoms with van der Waals surface area (Å²) in [6.07, 6.45) is 0. The molecule has 14 heavy (non-hydrogen) atoms. The summed E-state index contributed by atoms with van der Waals surface area (Å²) in [6, 6.07) is 7.91. The summed E-state index contributed by atoms with van der Waals surface area (Å²) in [5.41, 5.74) is -0.284. The Kier molecular flexibility index (Phi) is 1.66. The number of benzene rings is 1. The van der Waals surface area contributed by atoms with Crippen LogP contribution in [0.25, 0.3) is 10.1 Å². The van der Waals surface area contributed by atoms with E-state index in [0.29, 0.717) is 13.1 Å². The smallest absolute Gasteiger partial charge is 0.162 e. The van der Waals surface area contributed by atoms with Crippen LogP contribution in [0.4, 0.5) is 4.39 Å². The van der Waals surface area contributed by atoms with Crippen molar-refractivity contribution in [3.63, 3.8) is 0 Å². The molecule has 3 heteroatoms. The molecule has 0 atom stereocenters. The van der Waals surface area contributed by atoms with Crippen molar-refractivity contribution >= 4 is 21.4 Å². The molecule has 0 spiro atoms. The van der Waals surface area contributed by atoms with Gasteiger partial charge in [0.25, 0.3) is 0 Å². The molecule has 1 aliphatic heterocycles. The number of hydrogen-bond donors (Lipinski definition) is 1. The molecule has 1 nitrogen and oxygen atoms in total. The van der Waals surface area contributed by atoms with Gasteiger partial charge in [0, 0.05) is 23.4 Å². The Morgan fingerprint density at radius 1 is 1.29 bits per heavy atom. The van der Waals surface area contributed by atoms with Crippen LogP contribution in [-0.2, 0) is 5.67 Å². The average Bonchev–Trinajstić information content (AvgIpc) is 2.61. The van der Waals surface area contributed by atoms with E-state index in [2.05, 4.69) is 5.32 Å². The second-order valence-corrected chi connectivity index (χ2v) is 4.63. The van der Waals surface area contributed by atoms with Gasteiger partial charge in [0.05, 0.1) is 0 Å². The molecule has 2 heterocycles. The normalized spacial score (nSPS) is 19.5. The van der Waals surface area contributed by atoms with Gasteiger partial charge in [-0.3, -0.25) is 0 Å². The number of alkyl halides is 1. The second-order valence-electron chi connectivity index (χ2n) is 3.71. The Morgan fingerprint density at radius 2 is 2.14 bits per heavy atom. The first-order chi connectivity index (χ1) is 6.80. The van der Waals surface area contributed by atoms with E-state index in [4.69, 9.17) is 0 Å². The Labute approximate surface area is 85.6 Å². The minimum Gasteiger partial charge on any atom is -0.310 e. The van der Waals surface area contributed by atoms with Crippen LogP contribution in [0.1, 0.15) is 5.56 Å². The first kappa shape index (κ1) is 8.38. The second kappa shape index (κ2) is 2.78. The molecular formula is C11H10FNS. The summed E-state index contributed by atoms with van der Waals surface area (Å²) in [5, 5.41) is 6.15. The fourth-order valence-corrected chi connectivity index (χ4v) is 2.88. The lowest BCUT2D eigenvalue weighted by atomic mass is 9.89. The fourth-order valence-electron chi connectivity index (χ4n) is 1.88. The summed E-state index contributed by atoms with van der Waals surface area (Å²) in [5.74, 6) is 0. The lowest BCUT2D eigenvalue weighted by molar-refractivity contribution is 0.0910. The van der Waals surface area contributed by atoms with Crippen molar-refractivity contribution in [3.05, 3.63) is 35.2 Å². The van der Waals surface area contributed by atoms with Gasteiger partial charge < -0.3 is 5.32 Å². The van der Waals surface area contributed by atoms with Crippen molar-refractivity contribution < 1.29 is 4.39 Å². The monoisotopic (exact) mass is 207 g/mol. The highest BCUT2D eigenvalue weighted by Gasteiger charge is 2.40. The molecular weight excluding hydrogens is 197 g/mol. The summed E-state index contributed by atoms with van der Waals surface area (Å²) in [7, 11) is 0. The van der Waals surface area contributed by atoms with Gasteiger partial charge in [0.2, 0.25) is 0 Å². The van der Waals surface area contributed by atoms with Crippen LogP contribution >= 0.6 is 11.3 Å². The van der Waals surface area contributed by atoms with E-state index in [1.54, 1.807) is 11.3 Å².